The van der Waals surface area contributed by atoms with Crippen LogP contribution in [0.1, 0.15) is 40.0 Å². The van der Waals surface area contributed by atoms with Crippen LogP contribution in [0.5, 0.6) is 0 Å². The van der Waals surface area contributed by atoms with Crippen LogP contribution in [0.2, 0.25) is 0 Å². The highest BCUT2D eigenvalue weighted by Crippen LogP contribution is 2.01. The second-order valence-electron chi connectivity index (χ2n) is 5.14. The van der Waals surface area contributed by atoms with Gasteiger partial charge in [0.05, 0.1) is 6.61 Å². The van der Waals surface area contributed by atoms with Gasteiger partial charge in [-0.15, -0.1) is 0 Å². The Balaban J connectivity index is 3.53. The van der Waals surface area contributed by atoms with Crippen molar-refractivity contribution in [1.82, 2.24) is 10.2 Å². The molecule has 0 unspecified atom stereocenters. The first kappa shape index (κ1) is 16.9. The van der Waals surface area contributed by atoms with Gasteiger partial charge in [0.15, 0.2) is 0 Å². The van der Waals surface area contributed by atoms with Crippen LogP contribution in [0.15, 0.2) is 0 Å². The third-order valence-corrected chi connectivity index (χ3v) is 2.74. The van der Waals surface area contributed by atoms with Gasteiger partial charge in [0, 0.05) is 20.2 Å². The number of ether oxygens (including phenoxy) is 1. The van der Waals surface area contributed by atoms with Crippen molar-refractivity contribution in [2.45, 2.75) is 40.0 Å². The molecule has 0 aliphatic heterocycles. The fraction of sp³-hybridized carbons (Fsp3) is 1.00. The lowest BCUT2D eigenvalue weighted by Gasteiger charge is -2.23. The van der Waals surface area contributed by atoms with E-state index in [0.717, 1.165) is 32.2 Å². The number of unbranched alkanes of at least 4 members (excludes halogenated alkanes) is 1. The lowest BCUT2D eigenvalue weighted by molar-refractivity contribution is 0.139. The zero-order chi connectivity index (χ0) is 12.9. The summed E-state index contributed by atoms with van der Waals surface area (Å²) >= 11 is 0. The predicted molar refractivity (Wildman–Crippen MR) is 75.5 cm³/mol. The van der Waals surface area contributed by atoms with Gasteiger partial charge in [-0.3, -0.25) is 0 Å². The van der Waals surface area contributed by atoms with Crippen molar-refractivity contribution in [2.24, 2.45) is 5.92 Å². The van der Waals surface area contributed by atoms with E-state index < -0.39 is 0 Å². The number of rotatable bonds is 12. The lowest BCUT2D eigenvalue weighted by Crippen LogP contribution is -2.32. The molecular weight excluding hydrogens is 212 g/mol. The third kappa shape index (κ3) is 12.1. The molecule has 0 saturated heterocycles. The molecule has 0 spiro atoms. The molecule has 17 heavy (non-hydrogen) atoms. The van der Waals surface area contributed by atoms with Crippen molar-refractivity contribution in [3.63, 3.8) is 0 Å². The molecule has 3 nitrogen and oxygen atoms in total. The van der Waals surface area contributed by atoms with Gasteiger partial charge in [0.2, 0.25) is 0 Å². The maximum absolute atomic E-state index is 5.16. The number of methoxy groups -OCH3 is 1. The molecule has 0 amide bonds. The molecule has 104 valence electrons. The molecule has 1 N–H and O–H groups in total. The first-order valence-electron chi connectivity index (χ1n) is 7.12. The summed E-state index contributed by atoms with van der Waals surface area (Å²) in [6.07, 6.45) is 3.79. The van der Waals surface area contributed by atoms with E-state index in [2.05, 4.69) is 31.0 Å². The molecule has 0 bridgehead atoms. The molecular formula is C14H32N2O. The van der Waals surface area contributed by atoms with Crippen LogP contribution in [0.4, 0.5) is 0 Å². The summed E-state index contributed by atoms with van der Waals surface area (Å²) in [6.45, 7) is 13.4. The van der Waals surface area contributed by atoms with Gasteiger partial charge < -0.3 is 15.0 Å². The monoisotopic (exact) mass is 244 g/mol. The Morgan fingerprint density at radius 2 is 1.88 bits per heavy atom. The summed E-state index contributed by atoms with van der Waals surface area (Å²) in [5, 5.41) is 3.45. The van der Waals surface area contributed by atoms with Crippen molar-refractivity contribution < 1.29 is 4.74 Å². The fourth-order valence-electron chi connectivity index (χ4n) is 1.92. The maximum Gasteiger partial charge on any atom is 0.0589 e. The summed E-state index contributed by atoms with van der Waals surface area (Å²) in [5.41, 5.74) is 0. The average Bonchev–Trinajstić information content (AvgIpc) is 2.29. The van der Waals surface area contributed by atoms with Crippen molar-refractivity contribution >= 4 is 0 Å². The standard InChI is InChI=1S/C14H32N2O/c1-5-8-15-9-6-7-10-16(11-12-17-4)13-14(2)3/h14-15H,5-13H2,1-4H3. The zero-order valence-corrected chi connectivity index (χ0v) is 12.3. The minimum Gasteiger partial charge on any atom is -0.383 e. The Kier molecular flexibility index (Phi) is 12.3. The Bertz CT molecular complexity index is 151. The van der Waals surface area contributed by atoms with E-state index >= 15 is 0 Å². The molecule has 0 atom stereocenters. The topological polar surface area (TPSA) is 24.5 Å². The molecule has 0 heterocycles. The van der Waals surface area contributed by atoms with Crippen LogP contribution in [-0.2, 0) is 4.74 Å². The minimum absolute atomic E-state index is 0.741. The van der Waals surface area contributed by atoms with E-state index in [0.29, 0.717) is 0 Å². The van der Waals surface area contributed by atoms with Gasteiger partial charge >= 0.3 is 0 Å². The number of nitrogens with zero attached hydrogens (tertiary/aromatic N) is 1. The van der Waals surface area contributed by atoms with Crippen molar-refractivity contribution in [3.05, 3.63) is 0 Å². The largest absolute Gasteiger partial charge is 0.383 e. The second-order valence-corrected chi connectivity index (χ2v) is 5.14. The molecule has 0 aromatic heterocycles. The Labute approximate surface area is 108 Å². The normalized spacial score (nSPS) is 11.6. The number of nitrogens with one attached hydrogen (secondary N) is 1. The number of hydrogen-bond acceptors (Lipinski definition) is 3. The van der Waals surface area contributed by atoms with E-state index in [1.54, 1.807) is 7.11 Å². The highest BCUT2D eigenvalue weighted by Gasteiger charge is 2.06. The highest BCUT2D eigenvalue weighted by molar-refractivity contribution is 4.61. The Morgan fingerprint density at radius 3 is 2.47 bits per heavy atom. The van der Waals surface area contributed by atoms with Crippen LogP contribution in [0, 0.1) is 5.92 Å². The van der Waals surface area contributed by atoms with E-state index in [-0.39, 0.29) is 0 Å². The molecule has 0 radical (unpaired) electrons. The first-order valence-corrected chi connectivity index (χ1v) is 7.12. The Morgan fingerprint density at radius 1 is 1.12 bits per heavy atom. The molecule has 0 aliphatic carbocycles. The van der Waals surface area contributed by atoms with Gasteiger partial charge in [-0.2, -0.15) is 0 Å². The minimum atomic E-state index is 0.741. The first-order chi connectivity index (χ1) is 8.20. The van der Waals surface area contributed by atoms with Crippen molar-refractivity contribution in [2.75, 3.05) is 46.4 Å². The molecule has 0 fully saturated rings. The highest BCUT2D eigenvalue weighted by atomic mass is 16.5. The van der Waals surface area contributed by atoms with Crippen LogP contribution in [0.3, 0.4) is 0 Å². The summed E-state index contributed by atoms with van der Waals surface area (Å²) in [4.78, 5) is 2.52. The van der Waals surface area contributed by atoms with Crippen molar-refractivity contribution in [1.29, 1.82) is 0 Å². The Hall–Kier alpha value is -0.120. The summed E-state index contributed by atoms with van der Waals surface area (Å²) in [6, 6.07) is 0. The molecule has 0 rings (SSSR count). The van der Waals surface area contributed by atoms with Crippen LogP contribution in [-0.4, -0.2) is 51.3 Å². The van der Waals surface area contributed by atoms with Gasteiger partial charge in [0.1, 0.15) is 0 Å². The van der Waals surface area contributed by atoms with E-state index in [4.69, 9.17) is 4.74 Å². The van der Waals surface area contributed by atoms with Crippen LogP contribution in [0.25, 0.3) is 0 Å². The van der Waals surface area contributed by atoms with Gasteiger partial charge in [0.25, 0.3) is 0 Å². The maximum atomic E-state index is 5.16. The summed E-state index contributed by atoms with van der Waals surface area (Å²) in [5.74, 6) is 0.741. The van der Waals surface area contributed by atoms with Gasteiger partial charge in [-0.05, 0) is 44.8 Å². The van der Waals surface area contributed by atoms with E-state index in [1.165, 1.54) is 32.4 Å². The lowest BCUT2D eigenvalue weighted by atomic mass is 10.2. The van der Waals surface area contributed by atoms with Crippen molar-refractivity contribution in [3.8, 4) is 0 Å². The van der Waals surface area contributed by atoms with Crippen LogP contribution < -0.4 is 5.32 Å². The fourth-order valence-corrected chi connectivity index (χ4v) is 1.92. The quantitative estimate of drug-likeness (QED) is 0.533. The van der Waals surface area contributed by atoms with Crippen LogP contribution >= 0.6 is 0 Å². The molecule has 0 aromatic rings. The second kappa shape index (κ2) is 12.3. The predicted octanol–water partition coefficient (Wildman–Crippen LogP) is 2.37. The third-order valence-electron chi connectivity index (χ3n) is 2.74. The molecule has 0 aromatic carbocycles. The average molecular weight is 244 g/mol. The smallest absolute Gasteiger partial charge is 0.0589 e. The van der Waals surface area contributed by atoms with E-state index in [9.17, 15) is 0 Å². The summed E-state index contributed by atoms with van der Waals surface area (Å²) < 4.78 is 5.16. The zero-order valence-electron chi connectivity index (χ0n) is 12.3. The van der Waals surface area contributed by atoms with E-state index in [1.807, 2.05) is 0 Å². The summed E-state index contributed by atoms with van der Waals surface area (Å²) in [7, 11) is 1.78. The molecule has 3 heteroatoms. The SMILES string of the molecule is CCCNCCCCN(CCOC)CC(C)C. The number of hydrogen-bond donors (Lipinski definition) is 1. The van der Waals surface area contributed by atoms with Gasteiger partial charge in [-0.25, -0.2) is 0 Å². The molecule has 0 saturated carbocycles. The van der Waals surface area contributed by atoms with Gasteiger partial charge in [-0.1, -0.05) is 20.8 Å². The molecule has 0 aliphatic rings.